The topological polar surface area (TPSA) is 295 Å². The van der Waals surface area contributed by atoms with Gasteiger partial charge >= 0.3 is 5.97 Å². The lowest BCUT2D eigenvalue weighted by molar-refractivity contribution is -0.383. The zero-order valence-electron chi connectivity index (χ0n) is 29.8. The standard InChI is InChI=1S/C35H52O18/c1-15(2)5-7-17-9-19(10-18(8-6-16(3)4)30(17)51-33-28(44)26(42)23(39)20(11-36)49-33)32(47)48-13-22-24(40)27(43)29(45)34(50-22)53-35(14-38)31(46)25(41)21(12-37)52-35/h5-6,9-10,20-29,31,33-34,36-46H,7-8,11-14H2,1-4H3/t20-,21+,22-,23-,24-,25+,26+,27+,28-,29-,31-,33+,34-,35-/m1/s1. The molecule has 4 rings (SSSR count). The van der Waals surface area contributed by atoms with Crippen molar-refractivity contribution in [1.29, 1.82) is 0 Å². The van der Waals surface area contributed by atoms with E-state index >= 15 is 0 Å². The minimum absolute atomic E-state index is 0.0184. The fourth-order valence-corrected chi connectivity index (χ4v) is 6.10. The van der Waals surface area contributed by atoms with Gasteiger partial charge in [0, 0.05) is 0 Å². The van der Waals surface area contributed by atoms with Crippen molar-refractivity contribution in [2.45, 2.75) is 126 Å². The summed E-state index contributed by atoms with van der Waals surface area (Å²) in [5, 5.41) is 113. The number of aliphatic hydroxyl groups excluding tert-OH is 11. The average molecular weight is 761 g/mol. The summed E-state index contributed by atoms with van der Waals surface area (Å²) in [4.78, 5) is 13.6. The molecule has 14 atom stereocenters. The second kappa shape index (κ2) is 18.3. The Morgan fingerprint density at radius 2 is 1.21 bits per heavy atom. The van der Waals surface area contributed by atoms with Gasteiger partial charge in [-0.05, 0) is 63.8 Å². The van der Waals surface area contributed by atoms with Crippen molar-refractivity contribution in [3.8, 4) is 5.75 Å². The number of hydrogen-bond donors (Lipinski definition) is 11. The summed E-state index contributed by atoms with van der Waals surface area (Å²) in [6.45, 7) is 4.22. The van der Waals surface area contributed by atoms with Crippen LogP contribution in [0.5, 0.6) is 5.75 Å². The maximum absolute atomic E-state index is 13.6. The Balaban J connectivity index is 1.60. The molecule has 3 fully saturated rings. The largest absolute Gasteiger partial charge is 0.461 e. The first-order chi connectivity index (χ1) is 25.0. The van der Waals surface area contributed by atoms with Crippen LogP contribution >= 0.6 is 0 Å². The number of aliphatic hydroxyl groups is 11. The molecular weight excluding hydrogens is 708 g/mol. The van der Waals surface area contributed by atoms with Crippen LogP contribution in [0.25, 0.3) is 0 Å². The van der Waals surface area contributed by atoms with Crippen LogP contribution in [0.2, 0.25) is 0 Å². The Kier molecular flexibility index (Phi) is 14.9. The quantitative estimate of drug-likeness (QED) is 0.0653. The van der Waals surface area contributed by atoms with Crippen molar-refractivity contribution in [1.82, 2.24) is 0 Å². The van der Waals surface area contributed by atoms with E-state index in [1.165, 1.54) is 12.1 Å². The molecule has 18 heteroatoms. The number of allylic oxidation sites excluding steroid dienone is 4. The highest BCUT2D eigenvalue weighted by Crippen LogP contribution is 2.37. The van der Waals surface area contributed by atoms with Crippen LogP contribution < -0.4 is 4.74 Å². The molecule has 3 aliphatic rings. The van der Waals surface area contributed by atoms with E-state index in [2.05, 4.69) is 0 Å². The minimum Gasteiger partial charge on any atom is -0.461 e. The fourth-order valence-electron chi connectivity index (χ4n) is 6.10. The number of benzene rings is 1. The van der Waals surface area contributed by atoms with E-state index in [1.807, 2.05) is 39.8 Å². The third-order valence-corrected chi connectivity index (χ3v) is 9.29. The highest BCUT2D eigenvalue weighted by atomic mass is 16.8. The molecule has 3 aliphatic heterocycles. The molecule has 18 nitrogen and oxygen atoms in total. The highest BCUT2D eigenvalue weighted by Gasteiger charge is 2.58. The lowest BCUT2D eigenvalue weighted by Crippen LogP contribution is -2.62. The number of ether oxygens (including phenoxy) is 6. The summed E-state index contributed by atoms with van der Waals surface area (Å²) < 4.78 is 33.7. The van der Waals surface area contributed by atoms with Crippen LogP contribution in [-0.4, -0.2) is 174 Å². The van der Waals surface area contributed by atoms with Crippen LogP contribution in [-0.2, 0) is 36.5 Å². The van der Waals surface area contributed by atoms with Crippen LogP contribution in [0, 0.1) is 0 Å². The van der Waals surface area contributed by atoms with Gasteiger partial charge < -0.3 is 84.6 Å². The van der Waals surface area contributed by atoms with Gasteiger partial charge in [0.1, 0.15) is 86.1 Å². The normalized spacial score (nSPS) is 37.2. The first-order valence-corrected chi connectivity index (χ1v) is 17.2. The Morgan fingerprint density at radius 1 is 0.698 bits per heavy atom. The number of esters is 1. The summed E-state index contributed by atoms with van der Waals surface area (Å²) in [5.74, 6) is -3.11. The summed E-state index contributed by atoms with van der Waals surface area (Å²) in [6.07, 6.45) is -17.7. The van der Waals surface area contributed by atoms with E-state index in [0.717, 1.165) is 11.1 Å². The summed E-state index contributed by atoms with van der Waals surface area (Å²) in [7, 11) is 0. The predicted molar refractivity (Wildman–Crippen MR) is 179 cm³/mol. The number of carbonyl (C=O) groups excluding carboxylic acids is 1. The van der Waals surface area contributed by atoms with E-state index in [9.17, 15) is 61.0 Å². The SMILES string of the molecule is CC(C)=CCc1cc(C(=O)OC[C@H]2O[C@H](O[C@@]3(CO)O[C@@H](CO)[C@H](O)[C@H]3O)[C@H](O)[C@@H](O)[C@@H]2O)cc(CC=C(C)C)c1O[C@@H]1O[C@H](CO)[C@@H](O)[C@H](O)[C@H]1O. The molecule has 0 amide bonds. The van der Waals surface area contributed by atoms with E-state index in [0.29, 0.717) is 11.1 Å². The Hall–Kier alpha value is -2.63. The summed E-state index contributed by atoms with van der Waals surface area (Å²) in [5.41, 5.74) is 2.73. The smallest absolute Gasteiger partial charge is 0.338 e. The third-order valence-electron chi connectivity index (χ3n) is 9.29. The maximum atomic E-state index is 13.6. The molecule has 3 heterocycles. The lowest BCUT2D eigenvalue weighted by Gasteiger charge is -2.43. The summed E-state index contributed by atoms with van der Waals surface area (Å²) >= 11 is 0. The van der Waals surface area contributed by atoms with Gasteiger partial charge in [-0.2, -0.15) is 0 Å². The summed E-state index contributed by atoms with van der Waals surface area (Å²) in [6, 6.07) is 2.92. The van der Waals surface area contributed by atoms with Crippen molar-refractivity contribution in [2.75, 3.05) is 26.4 Å². The number of hydrogen-bond acceptors (Lipinski definition) is 18. The lowest BCUT2D eigenvalue weighted by atomic mass is 9.97. The van der Waals surface area contributed by atoms with E-state index in [4.69, 9.17) is 28.4 Å². The highest BCUT2D eigenvalue weighted by molar-refractivity contribution is 5.90. The van der Waals surface area contributed by atoms with Crippen LogP contribution in [0.3, 0.4) is 0 Å². The van der Waals surface area contributed by atoms with Gasteiger partial charge in [-0.25, -0.2) is 4.79 Å². The molecule has 11 N–H and O–H groups in total. The Morgan fingerprint density at radius 3 is 1.70 bits per heavy atom. The van der Waals surface area contributed by atoms with Gasteiger partial charge in [0.15, 0.2) is 6.29 Å². The van der Waals surface area contributed by atoms with Crippen molar-refractivity contribution in [3.63, 3.8) is 0 Å². The predicted octanol–water partition coefficient (Wildman–Crippen LogP) is -3.33. The van der Waals surface area contributed by atoms with Crippen LogP contribution in [0.4, 0.5) is 0 Å². The van der Waals surface area contributed by atoms with E-state index in [1.54, 1.807) is 0 Å². The van der Waals surface area contributed by atoms with Gasteiger partial charge in [0.25, 0.3) is 0 Å². The molecule has 300 valence electrons. The van der Waals surface area contributed by atoms with Gasteiger partial charge in [-0.3, -0.25) is 0 Å². The number of carbonyl (C=O) groups is 1. The van der Waals surface area contributed by atoms with Gasteiger partial charge in [-0.15, -0.1) is 0 Å². The molecule has 0 saturated carbocycles. The Labute approximate surface area is 305 Å². The monoisotopic (exact) mass is 760 g/mol. The molecule has 0 bridgehead atoms. The number of rotatable bonds is 14. The second-order valence-corrected chi connectivity index (χ2v) is 13.9. The zero-order valence-corrected chi connectivity index (χ0v) is 29.8. The van der Waals surface area contributed by atoms with Gasteiger partial charge in [-0.1, -0.05) is 23.3 Å². The van der Waals surface area contributed by atoms with Crippen LogP contribution in [0.1, 0.15) is 49.2 Å². The first kappa shape index (κ1) is 43.1. The molecule has 1 aromatic rings. The molecule has 0 spiro atoms. The fraction of sp³-hybridized carbons (Fsp3) is 0.686. The zero-order chi connectivity index (χ0) is 39.4. The molecule has 53 heavy (non-hydrogen) atoms. The van der Waals surface area contributed by atoms with E-state index in [-0.39, 0.29) is 24.2 Å². The van der Waals surface area contributed by atoms with Crippen molar-refractivity contribution in [3.05, 3.63) is 52.1 Å². The van der Waals surface area contributed by atoms with Crippen molar-refractivity contribution >= 4 is 5.97 Å². The van der Waals surface area contributed by atoms with Crippen molar-refractivity contribution in [2.24, 2.45) is 0 Å². The minimum atomic E-state index is -2.40. The second-order valence-electron chi connectivity index (χ2n) is 13.9. The molecule has 0 aliphatic carbocycles. The third kappa shape index (κ3) is 9.61. The molecule has 3 saturated heterocycles. The molecule has 1 aromatic carbocycles. The van der Waals surface area contributed by atoms with Crippen molar-refractivity contribution < 1.29 is 89.4 Å². The van der Waals surface area contributed by atoms with Crippen LogP contribution in [0.15, 0.2) is 35.4 Å². The average Bonchev–Trinajstić information content (AvgIpc) is 3.37. The molecular formula is C35H52O18. The Bertz CT molecular complexity index is 1400. The van der Waals surface area contributed by atoms with E-state index < -0.39 is 118 Å². The first-order valence-electron chi connectivity index (χ1n) is 17.2. The maximum Gasteiger partial charge on any atom is 0.338 e. The molecule has 0 radical (unpaired) electrons. The van der Waals surface area contributed by atoms with Gasteiger partial charge in [0.2, 0.25) is 12.1 Å². The van der Waals surface area contributed by atoms with Gasteiger partial charge in [0.05, 0.1) is 18.8 Å². The molecule has 0 aromatic heterocycles. The molecule has 0 unspecified atom stereocenters.